The summed E-state index contributed by atoms with van der Waals surface area (Å²) in [6, 6.07) is 7.79. The van der Waals surface area contributed by atoms with Crippen LogP contribution in [-0.2, 0) is 5.75 Å². The molecule has 1 aromatic heterocycles. The van der Waals surface area contributed by atoms with Crippen molar-refractivity contribution in [3.63, 3.8) is 0 Å². The number of anilines is 1. The van der Waals surface area contributed by atoms with Gasteiger partial charge in [0, 0.05) is 16.5 Å². The predicted molar refractivity (Wildman–Crippen MR) is 66.7 cm³/mol. The van der Waals surface area contributed by atoms with Gasteiger partial charge in [-0.05, 0) is 37.1 Å². The summed E-state index contributed by atoms with van der Waals surface area (Å²) >= 11 is 1.68. The van der Waals surface area contributed by atoms with Gasteiger partial charge in [0.15, 0.2) is 5.82 Å². The first-order valence-corrected chi connectivity index (χ1v) is 6.60. The number of nitrogens with two attached hydrogens (primary N) is 1. The van der Waals surface area contributed by atoms with Gasteiger partial charge in [-0.3, -0.25) is 0 Å². The van der Waals surface area contributed by atoms with Crippen molar-refractivity contribution in [2.24, 2.45) is 0 Å². The van der Waals surface area contributed by atoms with E-state index in [2.05, 4.69) is 10.1 Å². The average molecular weight is 247 g/mol. The minimum atomic E-state index is 0.550. The molecule has 1 aromatic carbocycles. The van der Waals surface area contributed by atoms with Crippen LogP contribution in [0.5, 0.6) is 0 Å². The Balaban J connectivity index is 1.60. The Bertz CT molecular complexity index is 505. The molecule has 0 unspecified atom stereocenters. The maximum Gasteiger partial charge on any atom is 0.237 e. The van der Waals surface area contributed by atoms with Gasteiger partial charge in [0.05, 0.1) is 5.75 Å². The molecule has 1 fully saturated rings. The van der Waals surface area contributed by atoms with Crippen LogP contribution in [0.15, 0.2) is 33.7 Å². The fourth-order valence-electron chi connectivity index (χ4n) is 1.54. The average Bonchev–Trinajstić information content (AvgIpc) is 3.09. The summed E-state index contributed by atoms with van der Waals surface area (Å²) in [6.07, 6.45) is 2.40. The van der Waals surface area contributed by atoms with Crippen LogP contribution in [0.1, 0.15) is 30.5 Å². The highest BCUT2D eigenvalue weighted by molar-refractivity contribution is 7.98. The van der Waals surface area contributed by atoms with Gasteiger partial charge in [-0.25, -0.2) is 0 Å². The van der Waals surface area contributed by atoms with Crippen molar-refractivity contribution in [2.75, 3.05) is 5.73 Å². The second-order valence-corrected chi connectivity index (χ2v) is 5.23. The Hall–Kier alpha value is -1.49. The van der Waals surface area contributed by atoms with Gasteiger partial charge in [0.1, 0.15) is 0 Å². The van der Waals surface area contributed by atoms with Crippen molar-refractivity contribution >= 4 is 17.4 Å². The second kappa shape index (κ2) is 4.41. The SMILES string of the molecule is Nc1ccc(SCc2nc(C3CC3)no2)cc1. The molecule has 0 aliphatic heterocycles. The maximum absolute atomic E-state index is 5.63. The van der Waals surface area contributed by atoms with Crippen LogP contribution in [0.4, 0.5) is 5.69 Å². The maximum atomic E-state index is 5.63. The van der Waals surface area contributed by atoms with Crippen LogP contribution in [-0.4, -0.2) is 10.1 Å². The van der Waals surface area contributed by atoms with E-state index in [0.29, 0.717) is 17.6 Å². The highest BCUT2D eigenvalue weighted by Crippen LogP contribution is 2.38. The van der Waals surface area contributed by atoms with Gasteiger partial charge in [-0.2, -0.15) is 4.98 Å². The van der Waals surface area contributed by atoms with Gasteiger partial charge in [0.25, 0.3) is 0 Å². The van der Waals surface area contributed by atoms with Gasteiger partial charge in [-0.15, -0.1) is 11.8 Å². The van der Waals surface area contributed by atoms with E-state index < -0.39 is 0 Å². The fraction of sp³-hybridized carbons (Fsp3) is 0.333. The van der Waals surface area contributed by atoms with Crippen LogP contribution in [0.25, 0.3) is 0 Å². The van der Waals surface area contributed by atoms with Crippen LogP contribution >= 0.6 is 11.8 Å². The Kier molecular flexibility index (Phi) is 2.76. The molecule has 2 N–H and O–H groups in total. The van der Waals surface area contributed by atoms with Gasteiger partial charge >= 0.3 is 0 Å². The van der Waals surface area contributed by atoms with Crippen molar-refractivity contribution in [3.8, 4) is 0 Å². The Labute approximate surface area is 104 Å². The molecule has 2 aromatic rings. The summed E-state index contributed by atoms with van der Waals surface area (Å²) in [6.45, 7) is 0. The molecular formula is C12H13N3OS. The third kappa shape index (κ3) is 2.61. The zero-order valence-corrected chi connectivity index (χ0v) is 10.1. The Morgan fingerprint density at radius 2 is 2.06 bits per heavy atom. The minimum absolute atomic E-state index is 0.550. The molecule has 17 heavy (non-hydrogen) atoms. The molecule has 4 nitrogen and oxygen atoms in total. The van der Waals surface area contributed by atoms with E-state index >= 15 is 0 Å². The van der Waals surface area contributed by atoms with Crippen LogP contribution in [0, 0.1) is 0 Å². The molecule has 1 saturated carbocycles. The van der Waals surface area contributed by atoms with Crippen molar-refractivity contribution in [2.45, 2.75) is 29.4 Å². The van der Waals surface area contributed by atoms with Crippen LogP contribution in [0.3, 0.4) is 0 Å². The van der Waals surface area contributed by atoms with Crippen LogP contribution < -0.4 is 5.73 Å². The van der Waals surface area contributed by atoms with Crippen molar-refractivity contribution < 1.29 is 4.52 Å². The molecule has 3 rings (SSSR count). The zero-order chi connectivity index (χ0) is 11.7. The number of nitrogens with zero attached hydrogens (tertiary/aromatic N) is 2. The molecule has 1 heterocycles. The molecule has 0 radical (unpaired) electrons. The molecule has 1 aliphatic carbocycles. The molecule has 0 saturated heterocycles. The Morgan fingerprint density at radius 3 is 2.76 bits per heavy atom. The van der Waals surface area contributed by atoms with Crippen molar-refractivity contribution in [1.29, 1.82) is 0 Å². The standard InChI is InChI=1S/C12H13N3OS/c13-9-3-5-10(6-4-9)17-7-11-14-12(15-16-11)8-1-2-8/h3-6,8H,1-2,7,13H2. The number of hydrogen-bond acceptors (Lipinski definition) is 5. The Morgan fingerprint density at radius 1 is 1.29 bits per heavy atom. The van der Waals surface area contributed by atoms with Crippen LogP contribution in [0.2, 0.25) is 0 Å². The largest absolute Gasteiger partial charge is 0.399 e. The summed E-state index contributed by atoms with van der Waals surface area (Å²) < 4.78 is 5.20. The number of hydrogen-bond donors (Lipinski definition) is 1. The number of nitrogen functional groups attached to an aromatic ring is 1. The highest BCUT2D eigenvalue weighted by Gasteiger charge is 2.28. The van der Waals surface area contributed by atoms with E-state index in [9.17, 15) is 0 Å². The normalized spacial score (nSPS) is 15.1. The smallest absolute Gasteiger partial charge is 0.237 e. The quantitative estimate of drug-likeness (QED) is 0.664. The number of benzene rings is 1. The molecule has 0 bridgehead atoms. The lowest BCUT2D eigenvalue weighted by molar-refractivity contribution is 0.385. The molecule has 1 aliphatic rings. The lowest BCUT2D eigenvalue weighted by Crippen LogP contribution is -1.85. The van der Waals surface area contributed by atoms with Gasteiger partial charge in [-0.1, -0.05) is 5.16 Å². The number of rotatable bonds is 4. The minimum Gasteiger partial charge on any atom is -0.399 e. The number of thioether (sulfide) groups is 1. The van der Waals surface area contributed by atoms with Gasteiger partial charge < -0.3 is 10.3 Å². The first kappa shape index (κ1) is 10.7. The molecular weight excluding hydrogens is 234 g/mol. The lowest BCUT2D eigenvalue weighted by Gasteiger charge is -1.98. The summed E-state index contributed by atoms with van der Waals surface area (Å²) in [5, 5.41) is 3.99. The molecule has 0 amide bonds. The monoisotopic (exact) mass is 247 g/mol. The second-order valence-electron chi connectivity index (χ2n) is 4.18. The first-order chi connectivity index (χ1) is 8.31. The summed E-state index contributed by atoms with van der Waals surface area (Å²) in [5.41, 5.74) is 6.41. The fourth-order valence-corrected chi connectivity index (χ4v) is 2.28. The molecule has 88 valence electrons. The lowest BCUT2D eigenvalue weighted by atomic mass is 10.3. The third-order valence-corrected chi connectivity index (χ3v) is 3.67. The third-order valence-electron chi connectivity index (χ3n) is 2.67. The van der Waals surface area contributed by atoms with Crippen molar-refractivity contribution in [1.82, 2.24) is 10.1 Å². The highest BCUT2D eigenvalue weighted by atomic mass is 32.2. The van der Waals surface area contributed by atoms with Crippen molar-refractivity contribution in [3.05, 3.63) is 36.0 Å². The molecule has 0 spiro atoms. The van der Waals surface area contributed by atoms with E-state index in [-0.39, 0.29) is 0 Å². The van der Waals surface area contributed by atoms with E-state index in [4.69, 9.17) is 10.3 Å². The van der Waals surface area contributed by atoms with E-state index in [1.807, 2.05) is 24.3 Å². The topological polar surface area (TPSA) is 64.9 Å². The molecule has 5 heteroatoms. The summed E-state index contributed by atoms with van der Waals surface area (Å²) in [5.74, 6) is 2.84. The zero-order valence-electron chi connectivity index (χ0n) is 9.30. The van der Waals surface area contributed by atoms with E-state index in [0.717, 1.165) is 16.4 Å². The molecule has 0 atom stereocenters. The van der Waals surface area contributed by atoms with E-state index in [1.54, 1.807) is 11.8 Å². The number of aromatic nitrogens is 2. The summed E-state index contributed by atoms with van der Waals surface area (Å²) in [4.78, 5) is 5.54. The van der Waals surface area contributed by atoms with E-state index in [1.165, 1.54) is 12.8 Å². The summed E-state index contributed by atoms with van der Waals surface area (Å²) in [7, 11) is 0. The van der Waals surface area contributed by atoms with Gasteiger partial charge in [0.2, 0.25) is 5.89 Å². The predicted octanol–water partition coefficient (Wildman–Crippen LogP) is 2.82. The first-order valence-electron chi connectivity index (χ1n) is 5.62.